The highest BCUT2D eigenvalue weighted by Crippen LogP contribution is 2.20. The number of rotatable bonds is 3. The first-order chi connectivity index (χ1) is 8.11. The molecule has 94 valence electrons. The molecule has 2 rings (SSSR count). The van der Waals surface area contributed by atoms with Crippen molar-refractivity contribution >= 4 is 22.4 Å². The summed E-state index contributed by atoms with van der Waals surface area (Å²) < 4.78 is 0. The highest BCUT2D eigenvalue weighted by Gasteiger charge is 2.30. The van der Waals surface area contributed by atoms with E-state index in [0.29, 0.717) is 5.13 Å². The maximum atomic E-state index is 12.0. The molecule has 1 fully saturated rings. The fraction of sp³-hybridized carbons (Fsp3) is 0.636. The van der Waals surface area contributed by atoms with Crippen LogP contribution in [0.1, 0.15) is 18.7 Å². The van der Waals surface area contributed by atoms with Gasteiger partial charge >= 0.3 is 0 Å². The Hall–Kier alpha value is -1.14. The molecular weight excluding hydrogens is 236 g/mol. The minimum absolute atomic E-state index is 0.0491. The molecule has 2 heterocycles. The number of carbonyl (C=O) groups excluding carboxylic acids is 1. The molecule has 0 aliphatic carbocycles. The van der Waals surface area contributed by atoms with E-state index in [1.165, 1.54) is 11.3 Å². The Balaban J connectivity index is 2.01. The van der Waals surface area contributed by atoms with Gasteiger partial charge in [-0.05, 0) is 13.8 Å². The van der Waals surface area contributed by atoms with E-state index in [-0.39, 0.29) is 11.9 Å². The Morgan fingerprint density at radius 3 is 2.94 bits per heavy atom. The third-order valence-corrected chi connectivity index (χ3v) is 4.00. The van der Waals surface area contributed by atoms with Gasteiger partial charge in [0.15, 0.2) is 5.13 Å². The van der Waals surface area contributed by atoms with Crippen molar-refractivity contribution in [3.05, 3.63) is 11.1 Å². The molecule has 0 spiro atoms. The number of hydrogen-bond acceptors (Lipinski definition) is 5. The van der Waals surface area contributed by atoms with Crippen molar-refractivity contribution in [1.29, 1.82) is 0 Å². The van der Waals surface area contributed by atoms with Gasteiger partial charge in [-0.3, -0.25) is 9.69 Å². The Bertz CT molecular complexity index is 406. The molecule has 1 aliphatic heterocycles. The second kappa shape index (κ2) is 5.01. The molecule has 2 N–H and O–H groups in total. The van der Waals surface area contributed by atoms with Gasteiger partial charge in [-0.15, -0.1) is 11.3 Å². The monoisotopic (exact) mass is 254 g/mol. The predicted molar refractivity (Wildman–Crippen MR) is 68.7 cm³/mol. The normalized spacial score (nSPS) is 22.1. The summed E-state index contributed by atoms with van der Waals surface area (Å²) in [4.78, 5) is 21.2. The van der Waals surface area contributed by atoms with Crippen molar-refractivity contribution in [2.75, 3.05) is 25.4 Å². The fourth-order valence-corrected chi connectivity index (χ4v) is 2.81. The van der Waals surface area contributed by atoms with E-state index in [1.54, 1.807) is 6.20 Å². The van der Waals surface area contributed by atoms with Crippen molar-refractivity contribution in [1.82, 2.24) is 14.8 Å². The first-order valence-corrected chi connectivity index (χ1v) is 6.66. The summed E-state index contributed by atoms with van der Waals surface area (Å²) in [6.45, 7) is 7.27. The van der Waals surface area contributed by atoms with Gasteiger partial charge in [0.25, 0.3) is 0 Å². The average Bonchev–Trinajstić information content (AvgIpc) is 2.71. The molecule has 1 atom stereocenters. The molecule has 1 aliphatic rings. The van der Waals surface area contributed by atoms with E-state index in [1.807, 2.05) is 18.7 Å². The van der Waals surface area contributed by atoms with E-state index in [4.69, 9.17) is 5.73 Å². The molecule has 0 aromatic carbocycles. The van der Waals surface area contributed by atoms with E-state index >= 15 is 0 Å². The molecule has 6 heteroatoms. The van der Waals surface area contributed by atoms with Crippen LogP contribution < -0.4 is 5.73 Å². The van der Waals surface area contributed by atoms with Crippen LogP contribution in [0.25, 0.3) is 0 Å². The largest absolute Gasteiger partial charge is 0.375 e. The fourth-order valence-electron chi connectivity index (χ4n) is 2.10. The third-order valence-electron chi connectivity index (χ3n) is 3.19. The number of hydrogen-bond donors (Lipinski definition) is 1. The van der Waals surface area contributed by atoms with Gasteiger partial charge in [0.2, 0.25) is 5.91 Å². The number of carbonyl (C=O) groups is 1. The number of aromatic nitrogens is 1. The number of nitrogens with zero attached hydrogens (tertiary/aromatic N) is 3. The van der Waals surface area contributed by atoms with E-state index in [0.717, 1.165) is 31.1 Å². The molecule has 0 saturated carbocycles. The van der Waals surface area contributed by atoms with Crippen molar-refractivity contribution in [2.45, 2.75) is 26.4 Å². The molecule has 1 aromatic heterocycles. The molecule has 1 aromatic rings. The maximum Gasteiger partial charge on any atom is 0.239 e. The lowest BCUT2D eigenvalue weighted by Crippen LogP contribution is -2.55. The van der Waals surface area contributed by atoms with Crippen LogP contribution in [0.2, 0.25) is 0 Å². The SMILES string of the molecule is CCN1CCN(Cc2cnc(N)s2)C(C)C1=O. The van der Waals surface area contributed by atoms with Crippen LogP contribution in [0.15, 0.2) is 6.20 Å². The number of piperazine rings is 1. The standard InChI is InChI=1S/C11H18N4OS/c1-3-14-4-5-15(8(2)10(14)16)7-9-6-13-11(12)17-9/h6,8H,3-5,7H2,1-2H3,(H2,12,13). The zero-order valence-electron chi connectivity index (χ0n) is 10.2. The van der Waals surface area contributed by atoms with Crippen LogP contribution in [0.5, 0.6) is 0 Å². The topological polar surface area (TPSA) is 62.5 Å². The molecule has 17 heavy (non-hydrogen) atoms. The van der Waals surface area contributed by atoms with Crippen LogP contribution in [0.3, 0.4) is 0 Å². The second-order valence-electron chi connectivity index (χ2n) is 4.23. The highest BCUT2D eigenvalue weighted by atomic mass is 32.1. The van der Waals surface area contributed by atoms with Gasteiger partial charge in [-0.2, -0.15) is 0 Å². The summed E-state index contributed by atoms with van der Waals surface area (Å²) >= 11 is 1.49. The minimum Gasteiger partial charge on any atom is -0.375 e. The summed E-state index contributed by atoms with van der Waals surface area (Å²) in [6.07, 6.45) is 1.80. The summed E-state index contributed by atoms with van der Waals surface area (Å²) in [6, 6.07) is -0.0491. The zero-order valence-corrected chi connectivity index (χ0v) is 11.0. The first-order valence-electron chi connectivity index (χ1n) is 5.84. The number of likely N-dealkylation sites (N-methyl/N-ethyl adjacent to an activating group) is 1. The van der Waals surface area contributed by atoms with Crippen LogP contribution in [-0.2, 0) is 11.3 Å². The molecule has 0 radical (unpaired) electrons. The lowest BCUT2D eigenvalue weighted by atomic mass is 10.1. The maximum absolute atomic E-state index is 12.0. The second-order valence-corrected chi connectivity index (χ2v) is 5.38. The molecule has 5 nitrogen and oxygen atoms in total. The smallest absolute Gasteiger partial charge is 0.239 e. The Kier molecular flexibility index (Phi) is 3.63. The van der Waals surface area contributed by atoms with Crippen molar-refractivity contribution in [2.24, 2.45) is 0 Å². The Labute approximate surface area is 105 Å². The van der Waals surface area contributed by atoms with Crippen molar-refractivity contribution < 1.29 is 4.79 Å². The number of nitrogens with two attached hydrogens (primary N) is 1. The first kappa shape index (κ1) is 12.3. The number of anilines is 1. The lowest BCUT2D eigenvalue weighted by Gasteiger charge is -2.38. The van der Waals surface area contributed by atoms with Gasteiger partial charge in [-0.25, -0.2) is 4.98 Å². The summed E-state index contributed by atoms with van der Waals surface area (Å²) in [7, 11) is 0. The molecular formula is C11H18N4OS. The summed E-state index contributed by atoms with van der Waals surface area (Å²) in [5.41, 5.74) is 5.60. The van der Waals surface area contributed by atoms with E-state index in [9.17, 15) is 4.79 Å². The molecule has 1 saturated heterocycles. The number of thiazole rings is 1. The predicted octanol–water partition coefficient (Wildman–Crippen LogP) is 0.778. The van der Waals surface area contributed by atoms with Crippen molar-refractivity contribution in [3.63, 3.8) is 0 Å². The summed E-state index contributed by atoms with van der Waals surface area (Å²) in [5, 5.41) is 0.589. The molecule has 0 bridgehead atoms. The van der Waals surface area contributed by atoms with Gasteiger partial charge in [-0.1, -0.05) is 0 Å². The minimum atomic E-state index is -0.0491. The van der Waals surface area contributed by atoms with Crippen LogP contribution in [0, 0.1) is 0 Å². The quantitative estimate of drug-likeness (QED) is 0.866. The third kappa shape index (κ3) is 2.58. The summed E-state index contributed by atoms with van der Waals surface area (Å²) in [5.74, 6) is 0.219. The zero-order chi connectivity index (χ0) is 12.4. The van der Waals surface area contributed by atoms with Gasteiger partial charge in [0, 0.05) is 37.3 Å². The molecule has 1 amide bonds. The Morgan fingerprint density at radius 2 is 2.35 bits per heavy atom. The van der Waals surface area contributed by atoms with Crippen LogP contribution in [0.4, 0.5) is 5.13 Å². The van der Waals surface area contributed by atoms with Gasteiger partial charge in [0.1, 0.15) is 0 Å². The molecule has 1 unspecified atom stereocenters. The van der Waals surface area contributed by atoms with Crippen LogP contribution in [-0.4, -0.2) is 46.4 Å². The van der Waals surface area contributed by atoms with Gasteiger partial charge < -0.3 is 10.6 Å². The number of amides is 1. The Morgan fingerprint density at radius 1 is 1.59 bits per heavy atom. The van der Waals surface area contributed by atoms with E-state index < -0.39 is 0 Å². The number of nitrogen functional groups attached to an aromatic ring is 1. The van der Waals surface area contributed by atoms with Crippen molar-refractivity contribution in [3.8, 4) is 0 Å². The highest BCUT2D eigenvalue weighted by molar-refractivity contribution is 7.15. The average molecular weight is 254 g/mol. The lowest BCUT2D eigenvalue weighted by molar-refractivity contribution is -0.141. The van der Waals surface area contributed by atoms with Gasteiger partial charge in [0.05, 0.1) is 6.04 Å². The van der Waals surface area contributed by atoms with E-state index in [2.05, 4.69) is 9.88 Å². The van der Waals surface area contributed by atoms with Crippen LogP contribution >= 0.6 is 11.3 Å².